The highest BCUT2D eigenvalue weighted by molar-refractivity contribution is 7.92. The van der Waals surface area contributed by atoms with Crippen molar-refractivity contribution in [1.82, 2.24) is 29.5 Å². The summed E-state index contributed by atoms with van der Waals surface area (Å²) >= 11 is 0. The lowest BCUT2D eigenvalue weighted by Gasteiger charge is -2.31. The van der Waals surface area contributed by atoms with Crippen molar-refractivity contribution in [3.8, 4) is 5.88 Å². The van der Waals surface area contributed by atoms with Crippen molar-refractivity contribution >= 4 is 50.4 Å². The van der Waals surface area contributed by atoms with Crippen LogP contribution in [0.5, 0.6) is 5.88 Å². The molecule has 1 saturated carbocycles. The number of ether oxygens (including phenoxy) is 3. The van der Waals surface area contributed by atoms with Crippen LogP contribution in [0.25, 0.3) is 10.9 Å². The van der Waals surface area contributed by atoms with E-state index in [0.29, 0.717) is 66.1 Å². The Morgan fingerprint density at radius 2 is 1.82 bits per heavy atom. The number of imidazole rings is 1. The molecule has 1 amide bonds. The van der Waals surface area contributed by atoms with Crippen molar-refractivity contribution in [2.45, 2.75) is 50.9 Å². The van der Waals surface area contributed by atoms with Gasteiger partial charge in [-0.15, -0.1) is 0 Å². The monoisotopic (exact) mass is 696 g/mol. The molecule has 1 aliphatic heterocycles. The molecule has 5 heterocycles. The fraction of sp³-hybridized carbons (Fsp3) is 0.467. The van der Waals surface area contributed by atoms with Crippen LogP contribution >= 0.6 is 0 Å². The minimum Gasteiger partial charge on any atom is -0.474 e. The van der Waals surface area contributed by atoms with Crippen LogP contribution in [0, 0.1) is 10.1 Å². The van der Waals surface area contributed by atoms with Crippen LogP contribution in [0.2, 0.25) is 0 Å². The van der Waals surface area contributed by atoms with E-state index in [1.165, 1.54) is 32.4 Å². The van der Waals surface area contributed by atoms with Gasteiger partial charge < -0.3 is 34.5 Å². The first kappa shape index (κ1) is 33.7. The Morgan fingerprint density at radius 1 is 1.10 bits per heavy atom. The van der Waals surface area contributed by atoms with E-state index in [-0.39, 0.29) is 29.4 Å². The quantitative estimate of drug-likeness (QED) is 0.186. The first-order valence-electron chi connectivity index (χ1n) is 15.7. The summed E-state index contributed by atoms with van der Waals surface area (Å²) < 4.78 is 45.2. The van der Waals surface area contributed by atoms with Crippen molar-refractivity contribution in [3.63, 3.8) is 0 Å². The van der Waals surface area contributed by atoms with Crippen molar-refractivity contribution in [1.29, 1.82) is 0 Å². The summed E-state index contributed by atoms with van der Waals surface area (Å²) in [4.78, 5) is 47.7. The van der Waals surface area contributed by atoms with Crippen LogP contribution < -0.4 is 19.3 Å². The highest BCUT2D eigenvalue weighted by atomic mass is 32.2. The SMILES string of the molecule is CC(OC(=O)N(c1cnc2cc(N3CCOCC3)nc(O[C@H]3CC[C@@H](Nc4ncccn4)CC3)c2c1)S(C)(=O)=O)c1cnc([N+](=O)[O-])n1C. The summed E-state index contributed by atoms with van der Waals surface area (Å²) in [6.07, 6.45) is 7.24. The Morgan fingerprint density at radius 3 is 2.47 bits per heavy atom. The molecule has 19 heteroatoms. The second-order valence-electron chi connectivity index (χ2n) is 11.8. The molecule has 0 spiro atoms. The van der Waals surface area contributed by atoms with Gasteiger partial charge in [-0.3, -0.25) is 4.98 Å². The van der Waals surface area contributed by atoms with Gasteiger partial charge in [0.1, 0.15) is 18.1 Å². The molecule has 4 aromatic rings. The van der Waals surface area contributed by atoms with Crippen molar-refractivity contribution in [3.05, 3.63) is 58.8 Å². The van der Waals surface area contributed by atoms with E-state index in [9.17, 15) is 23.3 Å². The summed E-state index contributed by atoms with van der Waals surface area (Å²) in [5, 5.41) is 15.0. The summed E-state index contributed by atoms with van der Waals surface area (Å²) in [5.41, 5.74) is 0.593. The number of hydrogen-bond acceptors (Lipinski definition) is 15. The number of anilines is 3. The van der Waals surface area contributed by atoms with Gasteiger partial charge in [-0.2, -0.15) is 9.29 Å². The number of hydrogen-bond donors (Lipinski definition) is 1. The summed E-state index contributed by atoms with van der Waals surface area (Å²) in [7, 11) is -2.85. The molecule has 2 aliphatic rings. The molecule has 1 aliphatic carbocycles. The molecule has 0 radical (unpaired) electrons. The van der Waals surface area contributed by atoms with Gasteiger partial charge in [0.05, 0.1) is 49.3 Å². The maximum absolute atomic E-state index is 13.4. The molecule has 1 saturated heterocycles. The third-order valence-corrected chi connectivity index (χ3v) is 9.42. The third-order valence-electron chi connectivity index (χ3n) is 8.39. The van der Waals surface area contributed by atoms with E-state index in [1.54, 1.807) is 24.5 Å². The minimum absolute atomic E-state index is 0.0928. The highest BCUT2D eigenvalue weighted by Crippen LogP contribution is 2.34. The Kier molecular flexibility index (Phi) is 9.72. The number of carbonyl (C=O) groups excluding carboxylic acids is 1. The molecule has 260 valence electrons. The van der Waals surface area contributed by atoms with Gasteiger partial charge in [0.15, 0.2) is 11.8 Å². The predicted octanol–water partition coefficient (Wildman–Crippen LogP) is 3.36. The number of nitrogens with zero attached hydrogens (tertiary/aromatic N) is 9. The molecule has 1 N–H and O–H groups in total. The zero-order valence-corrected chi connectivity index (χ0v) is 27.9. The number of amides is 1. The zero-order valence-electron chi connectivity index (χ0n) is 27.1. The lowest BCUT2D eigenvalue weighted by atomic mass is 9.93. The molecule has 49 heavy (non-hydrogen) atoms. The second kappa shape index (κ2) is 14.1. The molecule has 1 unspecified atom stereocenters. The summed E-state index contributed by atoms with van der Waals surface area (Å²) in [6.45, 7) is 3.79. The maximum Gasteiger partial charge on any atom is 0.434 e. The molecule has 0 bridgehead atoms. The van der Waals surface area contributed by atoms with Crippen molar-refractivity contribution in [2.75, 3.05) is 47.1 Å². The minimum atomic E-state index is -4.24. The van der Waals surface area contributed by atoms with Crippen LogP contribution in [0.3, 0.4) is 0 Å². The van der Waals surface area contributed by atoms with Gasteiger partial charge in [0.25, 0.3) is 0 Å². The third kappa shape index (κ3) is 7.62. The Balaban J connectivity index is 1.28. The number of aromatic nitrogens is 6. The van der Waals surface area contributed by atoms with Crippen molar-refractivity contribution in [2.24, 2.45) is 7.05 Å². The van der Waals surface area contributed by atoms with Crippen LogP contribution in [-0.4, -0.2) is 93.6 Å². The molecule has 4 aromatic heterocycles. The first-order chi connectivity index (χ1) is 23.5. The van der Waals surface area contributed by atoms with Gasteiger partial charge in [-0.25, -0.2) is 27.7 Å². The number of carbonyl (C=O) groups is 1. The Labute approximate surface area is 281 Å². The number of morpholine rings is 1. The van der Waals surface area contributed by atoms with Crippen LogP contribution in [-0.2, 0) is 26.5 Å². The second-order valence-corrected chi connectivity index (χ2v) is 13.6. The average molecular weight is 697 g/mol. The maximum atomic E-state index is 13.4. The van der Waals surface area contributed by atoms with Gasteiger partial charge in [-0.1, -0.05) is 4.98 Å². The number of nitro groups is 1. The fourth-order valence-electron chi connectivity index (χ4n) is 5.92. The fourth-order valence-corrected chi connectivity index (χ4v) is 6.71. The number of pyridine rings is 2. The van der Waals surface area contributed by atoms with Gasteiger partial charge in [0, 0.05) is 37.6 Å². The van der Waals surface area contributed by atoms with Crippen molar-refractivity contribution < 1.29 is 32.3 Å². The van der Waals surface area contributed by atoms with Gasteiger partial charge >= 0.3 is 12.0 Å². The standard InChI is InChI=1S/C30H36N10O8S/c1-19(25-18-34-29(37(25)2)40(42)43)47-30(41)39(49(3,44)45)21-15-23-24(33-17-21)16-26(38-11-13-46-14-12-38)36-27(23)48-22-7-5-20(6-8-22)35-28-31-9-4-10-32-28/h4,9-10,15-20,22H,5-8,11-14H2,1-3H3,(H,31,32,35)/t19?,20-,22+. The molecular formula is C30H36N10O8S. The molecule has 2 fully saturated rings. The van der Waals surface area contributed by atoms with Crippen LogP contribution in [0.4, 0.5) is 28.2 Å². The molecule has 0 aromatic carbocycles. The van der Waals surface area contributed by atoms with E-state index in [0.717, 1.165) is 23.7 Å². The summed E-state index contributed by atoms with van der Waals surface area (Å²) in [6, 6.07) is 5.21. The highest BCUT2D eigenvalue weighted by Gasteiger charge is 2.33. The lowest BCUT2D eigenvalue weighted by molar-refractivity contribution is -0.396. The number of sulfonamides is 1. The molecular weight excluding hydrogens is 660 g/mol. The normalized spacial score (nSPS) is 18.9. The lowest BCUT2D eigenvalue weighted by Crippen LogP contribution is -2.37. The molecule has 1 atom stereocenters. The molecule has 6 rings (SSSR count). The zero-order chi connectivity index (χ0) is 34.7. The Bertz CT molecular complexity index is 1930. The van der Waals surface area contributed by atoms with Gasteiger partial charge in [-0.05, 0) is 49.7 Å². The number of nitrogens with one attached hydrogen (secondary N) is 1. The van der Waals surface area contributed by atoms with Crippen LogP contribution in [0.1, 0.15) is 44.4 Å². The van der Waals surface area contributed by atoms with E-state index in [4.69, 9.17) is 19.2 Å². The summed E-state index contributed by atoms with van der Waals surface area (Å²) in [5.74, 6) is 1.01. The van der Waals surface area contributed by atoms with Gasteiger partial charge in [0.2, 0.25) is 21.9 Å². The Hall–Kier alpha value is -5.17. The van der Waals surface area contributed by atoms with E-state index < -0.39 is 33.1 Å². The topological polar surface area (TPSA) is 210 Å². The van der Waals surface area contributed by atoms with Crippen LogP contribution in [0.15, 0.2) is 43.0 Å². The van der Waals surface area contributed by atoms with E-state index >= 15 is 0 Å². The average Bonchev–Trinajstić information content (AvgIpc) is 3.47. The first-order valence-corrected chi connectivity index (χ1v) is 17.5. The largest absolute Gasteiger partial charge is 0.474 e. The smallest absolute Gasteiger partial charge is 0.434 e. The molecule has 18 nitrogen and oxygen atoms in total. The number of fused-ring (bicyclic) bond motifs is 1. The van der Waals surface area contributed by atoms with E-state index in [1.807, 2.05) is 0 Å². The predicted molar refractivity (Wildman–Crippen MR) is 177 cm³/mol. The van der Waals surface area contributed by atoms with E-state index in [2.05, 4.69) is 30.2 Å². The number of rotatable bonds is 10.